The highest BCUT2D eigenvalue weighted by atomic mass is 16.5. The van der Waals surface area contributed by atoms with Crippen LogP contribution < -0.4 is 15.0 Å². The molecule has 0 aliphatic carbocycles. The molecule has 0 atom stereocenters. The van der Waals surface area contributed by atoms with Gasteiger partial charge in [0.1, 0.15) is 18.2 Å². The number of rotatable bonds is 7. The number of amides is 1. The van der Waals surface area contributed by atoms with Gasteiger partial charge in [0.2, 0.25) is 11.8 Å². The molecule has 1 saturated heterocycles. The monoisotopic (exact) mass is 352 g/mol. The number of aryl methyl sites for hydroxylation is 1. The van der Waals surface area contributed by atoms with E-state index in [1.54, 1.807) is 6.08 Å². The van der Waals surface area contributed by atoms with Crippen LogP contribution >= 0.6 is 0 Å². The number of nitrogens with one attached hydrogen (secondary N) is 1. The zero-order chi connectivity index (χ0) is 18.2. The third-order valence-electron chi connectivity index (χ3n) is 4.11. The first-order chi connectivity index (χ1) is 12.7. The van der Waals surface area contributed by atoms with Gasteiger partial charge in [0.05, 0.1) is 6.54 Å². The Bertz CT molecular complexity index is 756. The molecule has 0 radical (unpaired) electrons. The molecule has 1 fully saturated rings. The van der Waals surface area contributed by atoms with Gasteiger partial charge in [0.15, 0.2) is 0 Å². The molecule has 26 heavy (non-hydrogen) atoms. The minimum atomic E-state index is -0.144. The van der Waals surface area contributed by atoms with E-state index in [9.17, 15) is 4.79 Å². The number of benzene rings is 1. The Labute approximate surface area is 153 Å². The number of hydrogen-bond acceptors (Lipinski definition) is 5. The van der Waals surface area contributed by atoms with Crippen molar-refractivity contribution in [1.29, 1.82) is 0 Å². The third kappa shape index (κ3) is 5.31. The van der Waals surface area contributed by atoms with Crippen LogP contribution in [0.4, 0.5) is 5.82 Å². The molecule has 6 heteroatoms. The second-order valence-corrected chi connectivity index (χ2v) is 6.19. The lowest BCUT2D eigenvalue weighted by Crippen LogP contribution is -2.26. The summed E-state index contributed by atoms with van der Waals surface area (Å²) in [6.45, 7) is 4.70. The van der Waals surface area contributed by atoms with E-state index in [-0.39, 0.29) is 5.91 Å². The van der Waals surface area contributed by atoms with Crippen molar-refractivity contribution in [3.05, 3.63) is 53.9 Å². The Morgan fingerprint density at radius 3 is 2.77 bits per heavy atom. The SMILES string of the molecule is Cc1nc(OCCNC(=O)C=Cc2ccccc2)cc(N2CCCC2)n1. The van der Waals surface area contributed by atoms with E-state index in [1.165, 1.54) is 18.9 Å². The number of ether oxygens (including phenoxy) is 1. The van der Waals surface area contributed by atoms with E-state index >= 15 is 0 Å². The topological polar surface area (TPSA) is 67.3 Å². The van der Waals surface area contributed by atoms with Gasteiger partial charge in [-0.1, -0.05) is 30.3 Å². The summed E-state index contributed by atoms with van der Waals surface area (Å²) in [5.41, 5.74) is 0.991. The lowest BCUT2D eigenvalue weighted by Gasteiger charge is -2.17. The molecule has 1 aliphatic rings. The summed E-state index contributed by atoms with van der Waals surface area (Å²) in [6.07, 6.45) is 5.70. The Morgan fingerprint density at radius 2 is 2.00 bits per heavy atom. The van der Waals surface area contributed by atoms with Crippen LogP contribution in [0.2, 0.25) is 0 Å². The highest BCUT2D eigenvalue weighted by molar-refractivity contribution is 5.91. The standard InChI is InChI=1S/C20H24N4O2/c1-16-22-18(24-12-5-6-13-24)15-20(23-16)26-14-11-21-19(25)10-9-17-7-3-2-4-8-17/h2-4,7-10,15H,5-6,11-14H2,1H3,(H,21,25). The van der Waals surface area contributed by atoms with E-state index in [0.29, 0.717) is 24.9 Å². The van der Waals surface area contributed by atoms with Gasteiger partial charge in [0.25, 0.3) is 0 Å². The number of aromatic nitrogens is 2. The van der Waals surface area contributed by atoms with E-state index in [2.05, 4.69) is 20.2 Å². The van der Waals surface area contributed by atoms with E-state index < -0.39 is 0 Å². The lowest BCUT2D eigenvalue weighted by atomic mass is 10.2. The fourth-order valence-electron chi connectivity index (χ4n) is 2.83. The second kappa shape index (κ2) is 8.99. The summed E-state index contributed by atoms with van der Waals surface area (Å²) in [6, 6.07) is 11.6. The van der Waals surface area contributed by atoms with Crippen molar-refractivity contribution < 1.29 is 9.53 Å². The van der Waals surface area contributed by atoms with Gasteiger partial charge in [-0.2, -0.15) is 4.98 Å². The molecular weight excluding hydrogens is 328 g/mol. The van der Waals surface area contributed by atoms with Crippen molar-refractivity contribution in [1.82, 2.24) is 15.3 Å². The molecule has 136 valence electrons. The first-order valence-electron chi connectivity index (χ1n) is 8.95. The van der Waals surface area contributed by atoms with Gasteiger partial charge in [-0.15, -0.1) is 0 Å². The lowest BCUT2D eigenvalue weighted by molar-refractivity contribution is -0.116. The smallest absolute Gasteiger partial charge is 0.244 e. The summed E-state index contributed by atoms with van der Waals surface area (Å²) in [7, 11) is 0. The van der Waals surface area contributed by atoms with Crippen LogP contribution in [0.3, 0.4) is 0 Å². The normalized spacial score (nSPS) is 14.0. The third-order valence-corrected chi connectivity index (χ3v) is 4.11. The molecule has 1 N–H and O–H groups in total. The molecule has 2 aromatic rings. The van der Waals surface area contributed by atoms with Crippen LogP contribution in [0, 0.1) is 6.92 Å². The summed E-state index contributed by atoms with van der Waals surface area (Å²) in [4.78, 5) is 22.9. The Hall–Kier alpha value is -2.89. The van der Waals surface area contributed by atoms with Gasteiger partial charge < -0.3 is 15.0 Å². The maximum Gasteiger partial charge on any atom is 0.244 e. The van der Waals surface area contributed by atoms with Crippen molar-refractivity contribution in [2.45, 2.75) is 19.8 Å². The first kappa shape index (κ1) is 17.9. The summed E-state index contributed by atoms with van der Waals surface area (Å²) >= 11 is 0. The molecule has 6 nitrogen and oxygen atoms in total. The Balaban J connectivity index is 1.44. The molecule has 0 saturated carbocycles. The van der Waals surface area contributed by atoms with Gasteiger partial charge in [-0.25, -0.2) is 4.98 Å². The Kier molecular flexibility index (Phi) is 6.19. The van der Waals surface area contributed by atoms with Crippen LogP contribution in [0.25, 0.3) is 6.08 Å². The maximum atomic E-state index is 11.8. The molecule has 1 aromatic carbocycles. The van der Waals surface area contributed by atoms with Gasteiger partial charge in [0, 0.05) is 25.2 Å². The fourth-order valence-corrected chi connectivity index (χ4v) is 2.83. The first-order valence-corrected chi connectivity index (χ1v) is 8.95. The molecule has 0 bridgehead atoms. The Morgan fingerprint density at radius 1 is 1.23 bits per heavy atom. The molecule has 1 aromatic heterocycles. The second-order valence-electron chi connectivity index (χ2n) is 6.19. The molecule has 1 amide bonds. The van der Waals surface area contributed by atoms with Crippen LogP contribution in [-0.2, 0) is 4.79 Å². The van der Waals surface area contributed by atoms with Crippen molar-refractivity contribution in [3.63, 3.8) is 0 Å². The zero-order valence-corrected chi connectivity index (χ0v) is 15.0. The van der Waals surface area contributed by atoms with Gasteiger partial charge >= 0.3 is 0 Å². The highest BCUT2D eigenvalue weighted by Gasteiger charge is 2.15. The predicted molar refractivity (Wildman–Crippen MR) is 102 cm³/mol. The van der Waals surface area contributed by atoms with Crippen molar-refractivity contribution in [2.75, 3.05) is 31.1 Å². The van der Waals surface area contributed by atoms with Crippen LogP contribution in [0.1, 0.15) is 24.2 Å². The summed E-state index contributed by atoms with van der Waals surface area (Å²) < 4.78 is 5.68. The molecule has 0 unspecified atom stereocenters. The maximum absolute atomic E-state index is 11.8. The quantitative estimate of drug-likeness (QED) is 0.613. The number of anilines is 1. The number of carbonyl (C=O) groups is 1. The van der Waals surface area contributed by atoms with E-state index in [4.69, 9.17) is 4.74 Å². The van der Waals surface area contributed by atoms with Crippen molar-refractivity contribution >= 4 is 17.8 Å². The largest absolute Gasteiger partial charge is 0.476 e. The van der Waals surface area contributed by atoms with Gasteiger partial charge in [-0.3, -0.25) is 4.79 Å². The van der Waals surface area contributed by atoms with Crippen molar-refractivity contribution in [3.8, 4) is 5.88 Å². The molecular formula is C20H24N4O2. The average molecular weight is 352 g/mol. The molecule has 3 rings (SSSR count). The molecule has 1 aliphatic heterocycles. The molecule has 0 spiro atoms. The highest BCUT2D eigenvalue weighted by Crippen LogP contribution is 2.21. The van der Waals surface area contributed by atoms with Crippen LogP contribution in [0.5, 0.6) is 5.88 Å². The zero-order valence-electron chi connectivity index (χ0n) is 15.0. The van der Waals surface area contributed by atoms with Crippen molar-refractivity contribution in [2.24, 2.45) is 0 Å². The molecule has 2 heterocycles. The summed E-state index contributed by atoms with van der Waals surface area (Å²) in [5.74, 6) is 2.02. The van der Waals surface area contributed by atoms with Crippen LogP contribution in [-0.4, -0.2) is 42.1 Å². The van der Waals surface area contributed by atoms with E-state index in [1.807, 2.05) is 43.3 Å². The minimum absolute atomic E-state index is 0.144. The number of nitrogens with zero attached hydrogens (tertiary/aromatic N) is 3. The predicted octanol–water partition coefficient (Wildman–Crippen LogP) is 2.59. The number of carbonyl (C=O) groups excluding carboxylic acids is 1. The van der Waals surface area contributed by atoms with E-state index in [0.717, 1.165) is 24.5 Å². The number of hydrogen-bond donors (Lipinski definition) is 1. The van der Waals surface area contributed by atoms with Gasteiger partial charge in [-0.05, 0) is 31.4 Å². The summed E-state index contributed by atoms with van der Waals surface area (Å²) in [5, 5.41) is 2.80. The average Bonchev–Trinajstić information content (AvgIpc) is 3.19. The van der Waals surface area contributed by atoms with Crippen LogP contribution in [0.15, 0.2) is 42.5 Å². The minimum Gasteiger partial charge on any atom is -0.476 e. The fraction of sp³-hybridized carbons (Fsp3) is 0.350.